The van der Waals surface area contributed by atoms with Crippen LogP contribution in [0.3, 0.4) is 0 Å². The molecule has 0 aliphatic carbocycles. The summed E-state index contributed by atoms with van der Waals surface area (Å²) in [6.07, 6.45) is 4.95. The van der Waals surface area contributed by atoms with Gasteiger partial charge in [0.1, 0.15) is 6.33 Å². The number of hydrogen-bond acceptors (Lipinski definition) is 7. The molecule has 4 rings (SSSR count). The van der Waals surface area contributed by atoms with Gasteiger partial charge in [-0.15, -0.1) is 0 Å². The first-order chi connectivity index (χ1) is 14.9. The molecule has 8 nitrogen and oxygen atoms in total. The molecule has 0 radical (unpaired) electrons. The van der Waals surface area contributed by atoms with Crippen LogP contribution in [0.15, 0.2) is 59.6 Å². The van der Waals surface area contributed by atoms with Crippen LogP contribution in [0.4, 0.5) is 0 Å². The molecule has 4 aromatic rings. The Kier molecular flexibility index (Phi) is 5.83. The van der Waals surface area contributed by atoms with Crippen LogP contribution in [0.1, 0.15) is 16.2 Å². The molecule has 2 heterocycles. The third kappa shape index (κ3) is 4.50. The van der Waals surface area contributed by atoms with Gasteiger partial charge in [-0.25, -0.2) is 9.97 Å². The summed E-state index contributed by atoms with van der Waals surface area (Å²) in [7, 11) is 1.64. The molecule has 0 aliphatic heterocycles. The summed E-state index contributed by atoms with van der Waals surface area (Å²) in [4.78, 5) is 26.3. The van der Waals surface area contributed by atoms with Crippen molar-refractivity contribution in [3.63, 3.8) is 0 Å². The molecule has 0 aliphatic rings. The zero-order chi connectivity index (χ0) is 22.0. The summed E-state index contributed by atoms with van der Waals surface area (Å²) in [5.41, 5.74) is 3.23. The summed E-state index contributed by atoms with van der Waals surface area (Å²) in [6.45, 7) is 0.346. The molecule has 156 valence electrons. The molecule has 0 saturated heterocycles. The highest BCUT2D eigenvalue weighted by Gasteiger charge is 2.21. The molecule has 0 atom stereocenters. The van der Waals surface area contributed by atoms with Gasteiger partial charge in [-0.2, -0.15) is 4.98 Å². The maximum absolute atomic E-state index is 12.7. The smallest absolute Gasteiger partial charge is 0.316 e. The van der Waals surface area contributed by atoms with Crippen LogP contribution in [-0.2, 0) is 6.54 Å². The molecule has 0 fully saturated rings. The number of amides is 1. The quantitative estimate of drug-likeness (QED) is 0.472. The standard InChI is InChI=1S/C21H15Cl2N5O3/c1-28(10-12-2-4-13(5-3-12)15-8-24-11-25-9-15)21(30)20-26-19(27-31-20)14-6-16(22)18(29)17(23)7-14/h2-9,11,29H,10H2,1H3. The normalized spacial score (nSPS) is 10.8. The van der Waals surface area contributed by atoms with Crippen LogP contribution >= 0.6 is 23.2 Å². The van der Waals surface area contributed by atoms with E-state index in [-0.39, 0.29) is 27.5 Å². The Balaban J connectivity index is 1.46. The second kappa shape index (κ2) is 8.71. The molecule has 0 saturated carbocycles. The van der Waals surface area contributed by atoms with Crippen LogP contribution in [0.5, 0.6) is 5.75 Å². The monoisotopic (exact) mass is 455 g/mol. The number of benzene rings is 2. The van der Waals surface area contributed by atoms with Crippen LogP contribution in [-0.4, -0.2) is 43.1 Å². The second-order valence-electron chi connectivity index (χ2n) is 6.70. The van der Waals surface area contributed by atoms with Crippen molar-refractivity contribution in [3.05, 3.63) is 76.6 Å². The molecule has 2 aromatic heterocycles. The van der Waals surface area contributed by atoms with Gasteiger partial charge in [0.15, 0.2) is 5.75 Å². The van der Waals surface area contributed by atoms with Gasteiger partial charge in [0.2, 0.25) is 5.82 Å². The summed E-state index contributed by atoms with van der Waals surface area (Å²) < 4.78 is 5.11. The van der Waals surface area contributed by atoms with E-state index in [4.69, 9.17) is 27.7 Å². The average Bonchev–Trinajstić information content (AvgIpc) is 3.28. The van der Waals surface area contributed by atoms with Gasteiger partial charge in [0.25, 0.3) is 0 Å². The SMILES string of the molecule is CN(Cc1ccc(-c2cncnc2)cc1)C(=O)c1nc(-c2cc(Cl)c(O)c(Cl)c2)no1. The summed E-state index contributed by atoms with van der Waals surface area (Å²) in [5.74, 6) is -0.710. The molecule has 1 amide bonds. The van der Waals surface area contributed by atoms with Crippen molar-refractivity contribution in [2.24, 2.45) is 0 Å². The highest BCUT2D eigenvalue weighted by molar-refractivity contribution is 6.37. The van der Waals surface area contributed by atoms with E-state index in [1.165, 1.54) is 23.4 Å². The Morgan fingerprint density at radius 3 is 2.32 bits per heavy atom. The van der Waals surface area contributed by atoms with Crippen molar-refractivity contribution < 1.29 is 14.4 Å². The van der Waals surface area contributed by atoms with Gasteiger partial charge in [-0.3, -0.25) is 4.79 Å². The number of halogens is 2. The molecule has 0 spiro atoms. The fourth-order valence-electron chi connectivity index (χ4n) is 2.88. The molecule has 2 aromatic carbocycles. The third-order valence-electron chi connectivity index (χ3n) is 4.50. The predicted molar refractivity (Wildman–Crippen MR) is 115 cm³/mol. The fraction of sp³-hybridized carbons (Fsp3) is 0.0952. The first-order valence-electron chi connectivity index (χ1n) is 9.04. The number of aromatic nitrogens is 4. The van der Waals surface area contributed by atoms with Crippen LogP contribution in [0, 0.1) is 0 Å². The minimum atomic E-state index is -0.435. The van der Waals surface area contributed by atoms with Gasteiger partial charge in [-0.05, 0) is 23.3 Å². The lowest BCUT2D eigenvalue weighted by Gasteiger charge is -2.15. The van der Waals surface area contributed by atoms with Gasteiger partial charge in [0, 0.05) is 37.1 Å². The van der Waals surface area contributed by atoms with E-state index in [2.05, 4.69) is 20.1 Å². The maximum Gasteiger partial charge on any atom is 0.316 e. The Bertz CT molecular complexity index is 1210. The topological polar surface area (TPSA) is 105 Å². The molecular formula is C21H15Cl2N5O3. The summed E-state index contributed by atoms with van der Waals surface area (Å²) in [5, 5.41) is 13.6. The van der Waals surface area contributed by atoms with Crippen molar-refractivity contribution in [3.8, 4) is 28.3 Å². The lowest BCUT2D eigenvalue weighted by atomic mass is 10.1. The first kappa shape index (κ1) is 20.8. The largest absolute Gasteiger partial charge is 0.505 e. The number of carbonyl (C=O) groups excluding carboxylic acids is 1. The van der Waals surface area contributed by atoms with E-state index in [1.807, 2.05) is 24.3 Å². The van der Waals surface area contributed by atoms with E-state index in [0.29, 0.717) is 12.1 Å². The molecule has 1 N–H and O–H groups in total. The third-order valence-corrected chi connectivity index (χ3v) is 5.07. The molecule has 0 bridgehead atoms. The molecule has 31 heavy (non-hydrogen) atoms. The predicted octanol–water partition coefficient (Wildman–Crippen LogP) is 4.48. The minimum absolute atomic E-state index is 0.0443. The van der Waals surface area contributed by atoms with Crippen molar-refractivity contribution in [1.82, 2.24) is 25.0 Å². The van der Waals surface area contributed by atoms with Gasteiger partial charge in [0.05, 0.1) is 10.0 Å². The van der Waals surface area contributed by atoms with E-state index in [0.717, 1.165) is 16.7 Å². The van der Waals surface area contributed by atoms with Gasteiger partial charge < -0.3 is 14.5 Å². The lowest BCUT2D eigenvalue weighted by Crippen LogP contribution is -2.26. The fourth-order valence-corrected chi connectivity index (χ4v) is 3.37. The van der Waals surface area contributed by atoms with Crippen molar-refractivity contribution >= 4 is 29.1 Å². The number of hydrogen-bond donors (Lipinski definition) is 1. The molecule has 0 unspecified atom stereocenters. The summed E-state index contributed by atoms with van der Waals surface area (Å²) in [6, 6.07) is 10.6. The number of rotatable bonds is 5. The number of nitrogens with zero attached hydrogens (tertiary/aromatic N) is 5. The Labute approximate surface area is 187 Å². The van der Waals surface area contributed by atoms with Crippen molar-refractivity contribution in [2.75, 3.05) is 7.05 Å². The lowest BCUT2D eigenvalue weighted by molar-refractivity contribution is 0.0735. The van der Waals surface area contributed by atoms with Crippen LogP contribution in [0.2, 0.25) is 10.0 Å². The Morgan fingerprint density at radius 1 is 1.03 bits per heavy atom. The van der Waals surface area contributed by atoms with Crippen LogP contribution in [0.25, 0.3) is 22.5 Å². The highest BCUT2D eigenvalue weighted by atomic mass is 35.5. The van der Waals surface area contributed by atoms with Gasteiger partial charge >= 0.3 is 11.8 Å². The average molecular weight is 456 g/mol. The Hall–Kier alpha value is -3.49. The number of phenols is 1. The number of carbonyl (C=O) groups is 1. The van der Waals surface area contributed by atoms with Gasteiger partial charge in [-0.1, -0.05) is 52.6 Å². The van der Waals surface area contributed by atoms with E-state index < -0.39 is 5.91 Å². The van der Waals surface area contributed by atoms with E-state index in [9.17, 15) is 9.90 Å². The highest BCUT2D eigenvalue weighted by Crippen LogP contribution is 2.35. The van der Waals surface area contributed by atoms with E-state index >= 15 is 0 Å². The maximum atomic E-state index is 12.7. The number of phenolic OH excluding ortho intramolecular Hbond substituents is 1. The minimum Gasteiger partial charge on any atom is -0.505 e. The first-order valence-corrected chi connectivity index (χ1v) is 9.80. The second-order valence-corrected chi connectivity index (χ2v) is 7.51. The van der Waals surface area contributed by atoms with E-state index in [1.54, 1.807) is 19.4 Å². The van der Waals surface area contributed by atoms with Crippen molar-refractivity contribution in [2.45, 2.75) is 6.54 Å². The van der Waals surface area contributed by atoms with Crippen molar-refractivity contribution in [1.29, 1.82) is 0 Å². The zero-order valence-corrected chi connectivity index (χ0v) is 17.7. The molecular weight excluding hydrogens is 441 g/mol. The summed E-state index contributed by atoms with van der Waals surface area (Å²) >= 11 is 11.9. The number of aromatic hydroxyl groups is 1. The zero-order valence-electron chi connectivity index (χ0n) is 16.2. The molecule has 10 heteroatoms. The van der Waals surface area contributed by atoms with Crippen LogP contribution < -0.4 is 0 Å². The Morgan fingerprint density at radius 2 is 1.68 bits per heavy atom.